The molecule has 1 amide bonds. The zero-order valence-corrected chi connectivity index (χ0v) is 15.0. The van der Waals surface area contributed by atoms with Gasteiger partial charge in [-0.25, -0.2) is 4.39 Å². The van der Waals surface area contributed by atoms with Gasteiger partial charge in [0.1, 0.15) is 11.6 Å². The molecule has 0 saturated carbocycles. The van der Waals surface area contributed by atoms with Crippen molar-refractivity contribution in [1.29, 1.82) is 0 Å². The van der Waals surface area contributed by atoms with Crippen molar-refractivity contribution in [1.82, 2.24) is 4.98 Å². The van der Waals surface area contributed by atoms with Crippen LogP contribution >= 0.6 is 0 Å². The van der Waals surface area contributed by atoms with Gasteiger partial charge in [0.05, 0.1) is 23.4 Å². The Morgan fingerprint density at radius 3 is 2.73 bits per heavy atom. The van der Waals surface area contributed by atoms with Crippen LogP contribution in [0.25, 0.3) is 10.9 Å². The van der Waals surface area contributed by atoms with Crippen LogP contribution in [0.2, 0.25) is 0 Å². The quantitative estimate of drug-likeness (QED) is 0.705. The van der Waals surface area contributed by atoms with E-state index >= 15 is 0 Å². The summed E-state index contributed by atoms with van der Waals surface area (Å²) in [5, 5.41) is 3.51. The van der Waals surface area contributed by atoms with Crippen molar-refractivity contribution in [2.24, 2.45) is 5.92 Å². The fraction of sp³-hybridized carbons (Fsp3) is 0.238. The number of nitrogens with one attached hydrogen (secondary N) is 1. The number of ether oxygens (including phenoxy) is 1. The van der Waals surface area contributed by atoms with Gasteiger partial charge in [-0.05, 0) is 43.2 Å². The predicted octanol–water partition coefficient (Wildman–Crippen LogP) is 4.97. The molecule has 0 aliphatic heterocycles. The minimum atomic E-state index is -0.380. The standard InChI is InChI=1S/C21H21FN2O2/c1-13(2)12-26-20-7-5-4-6-18(20)24-21(25)17-10-14(3)23-19-11-15(22)8-9-16(17)19/h4-11,13H,12H2,1-3H3,(H,24,25). The molecule has 0 aliphatic carbocycles. The first-order valence-electron chi connectivity index (χ1n) is 8.54. The second-order valence-electron chi connectivity index (χ2n) is 6.63. The summed E-state index contributed by atoms with van der Waals surface area (Å²) in [6.45, 7) is 6.46. The van der Waals surface area contributed by atoms with Crippen LogP contribution in [0.15, 0.2) is 48.5 Å². The summed E-state index contributed by atoms with van der Waals surface area (Å²) in [5.74, 6) is 0.332. The predicted molar refractivity (Wildman–Crippen MR) is 101 cm³/mol. The molecule has 3 aromatic rings. The van der Waals surface area contributed by atoms with Gasteiger partial charge in [0.25, 0.3) is 5.91 Å². The van der Waals surface area contributed by atoms with E-state index in [1.807, 2.05) is 18.2 Å². The number of hydrogen-bond donors (Lipinski definition) is 1. The van der Waals surface area contributed by atoms with Gasteiger partial charge in [-0.3, -0.25) is 9.78 Å². The first-order chi connectivity index (χ1) is 12.4. The van der Waals surface area contributed by atoms with Crippen LogP contribution in [-0.4, -0.2) is 17.5 Å². The Morgan fingerprint density at radius 1 is 1.19 bits per heavy atom. The number of rotatable bonds is 5. The molecule has 1 heterocycles. The summed E-state index contributed by atoms with van der Waals surface area (Å²) in [6.07, 6.45) is 0. The molecule has 0 unspecified atom stereocenters. The Kier molecular flexibility index (Phi) is 5.16. The highest BCUT2D eigenvalue weighted by atomic mass is 19.1. The third-order valence-corrected chi connectivity index (χ3v) is 3.85. The van der Waals surface area contributed by atoms with Crippen molar-refractivity contribution < 1.29 is 13.9 Å². The molecule has 0 radical (unpaired) electrons. The topological polar surface area (TPSA) is 51.2 Å². The molecule has 0 bridgehead atoms. The highest BCUT2D eigenvalue weighted by Gasteiger charge is 2.15. The first kappa shape index (κ1) is 17.9. The second-order valence-corrected chi connectivity index (χ2v) is 6.63. The van der Waals surface area contributed by atoms with E-state index in [1.165, 1.54) is 12.1 Å². The lowest BCUT2D eigenvalue weighted by Crippen LogP contribution is -2.15. The second kappa shape index (κ2) is 7.52. The molecule has 4 nitrogen and oxygen atoms in total. The fourth-order valence-corrected chi connectivity index (χ4v) is 2.66. The fourth-order valence-electron chi connectivity index (χ4n) is 2.66. The maximum absolute atomic E-state index is 13.5. The smallest absolute Gasteiger partial charge is 0.256 e. The van der Waals surface area contributed by atoms with Gasteiger partial charge in [0.2, 0.25) is 0 Å². The number of carbonyl (C=O) groups is 1. The van der Waals surface area contributed by atoms with Gasteiger partial charge >= 0.3 is 0 Å². The molecule has 0 saturated heterocycles. The van der Waals surface area contributed by atoms with Crippen LogP contribution in [0.5, 0.6) is 5.75 Å². The van der Waals surface area contributed by atoms with Gasteiger partial charge in [0, 0.05) is 17.1 Å². The summed E-state index contributed by atoms with van der Waals surface area (Å²) >= 11 is 0. The van der Waals surface area contributed by atoms with E-state index < -0.39 is 0 Å². The third-order valence-electron chi connectivity index (χ3n) is 3.85. The number of carbonyl (C=O) groups excluding carboxylic acids is 1. The summed E-state index contributed by atoms with van der Waals surface area (Å²) in [4.78, 5) is 17.2. The van der Waals surface area contributed by atoms with Crippen LogP contribution in [0.1, 0.15) is 29.9 Å². The van der Waals surface area contributed by atoms with Gasteiger partial charge in [-0.1, -0.05) is 26.0 Å². The van der Waals surface area contributed by atoms with Gasteiger partial charge in [-0.15, -0.1) is 0 Å². The Balaban J connectivity index is 1.93. The molecular formula is C21H21FN2O2. The van der Waals surface area contributed by atoms with E-state index in [4.69, 9.17) is 4.74 Å². The Labute approximate surface area is 152 Å². The average molecular weight is 352 g/mol. The molecule has 5 heteroatoms. The number of pyridine rings is 1. The molecule has 0 fully saturated rings. The van der Waals surface area contributed by atoms with Crippen LogP contribution in [-0.2, 0) is 0 Å². The molecule has 134 valence electrons. The molecule has 1 aromatic heterocycles. The number of nitrogens with zero attached hydrogens (tertiary/aromatic N) is 1. The Bertz CT molecular complexity index is 949. The number of hydrogen-bond acceptors (Lipinski definition) is 3. The molecule has 2 aromatic carbocycles. The molecule has 3 rings (SSSR count). The van der Waals surface area contributed by atoms with Crippen LogP contribution < -0.4 is 10.1 Å². The highest BCUT2D eigenvalue weighted by Crippen LogP contribution is 2.26. The lowest BCUT2D eigenvalue weighted by molar-refractivity contribution is 0.102. The van der Waals surface area contributed by atoms with Gasteiger partial charge in [0.15, 0.2) is 0 Å². The number of halogens is 1. The Morgan fingerprint density at radius 2 is 1.96 bits per heavy atom. The largest absolute Gasteiger partial charge is 0.491 e. The van der Waals surface area contributed by atoms with Crippen molar-refractivity contribution in [2.75, 3.05) is 11.9 Å². The number of para-hydroxylation sites is 2. The molecular weight excluding hydrogens is 331 g/mol. The normalized spacial score (nSPS) is 11.0. The third kappa shape index (κ3) is 3.99. The number of fused-ring (bicyclic) bond motifs is 1. The maximum Gasteiger partial charge on any atom is 0.256 e. The van der Waals surface area contributed by atoms with E-state index in [0.29, 0.717) is 46.1 Å². The van der Waals surface area contributed by atoms with E-state index in [2.05, 4.69) is 24.1 Å². The first-order valence-corrected chi connectivity index (χ1v) is 8.54. The van der Waals surface area contributed by atoms with Crippen molar-refractivity contribution in [3.05, 3.63) is 65.6 Å². The van der Waals surface area contributed by atoms with E-state index in [1.54, 1.807) is 25.1 Å². The SMILES string of the molecule is Cc1cc(C(=O)Nc2ccccc2OCC(C)C)c2ccc(F)cc2n1. The number of aromatic nitrogens is 1. The minimum Gasteiger partial charge on any atom is -0.491 e. The van der Waals surface area contributed by atoms with Gasteiger partial charge < -0.3 is 10.1 Å². The molecule has 0 spiro atoms. The van der Waals surface area contributed by atoms with Crippen molar-refractivity contribution >= 4 is 22.5 Å². The van der Waals surface area contributed by atoms with Crippen LogP contribution in [0.4, 0.5) is 10.1 Å². The number of benzene rings is 2. The van der Waals surface area contributed by atoms with Crippen molar-refractivity contribution in [2.45, 2.75) is 20.8 Å². The maximum atomic E-state index is 13.5. The number of anilines is 1. The van der Waals surface area contributed by atoms with E-state index in [9.17, 15) is 9.18 Å². The molecule has 26 heavy (non-hydrogen) atoms. The van der Waals surface area contributed by atoms with Crippen LogP contribution in [0.3, 0.4) is 0 Å². The zero-order chi connectivity index (χ0) is 18.7. The molecule has 1 N–H and O–H groups in total. The molecule has 0 aliphatic rings. The lowest BCUT2D eigenvalue weighted by Gasteiger charge is -2.14. The molecule has 0 atom stereocenters. The Hall–Kier alpha value is -2.95. The van der Waals surface area contributed by atoms with Crippen molar-refractivity contribution in [3.8, 4) is 5.75 Å². The minimum absolute atomic E-state index is 0.285. The zero-order valence-electron chi connectivity index (χ0n) is 15.0. The summed E-state index contributed by atoms with van der Waals surface area (Å²) in [7, 11) is 0. The lowest BCUT2D eigenvalue weighted by atomic mass is 10.1. The summed E-state index contributed by atoms with van der Waals surface area (Å²) in [5.41, 5.74) is 2.16. The summed E-state index contributed by atoms with van der Waals surface area (Å²) < 4.78 is 19.3. The van der Waals surface area contributed by atoms with Crippen LogP contribution in [0, 0.1) is 18.7 Å². The number of aryl methyl sites for hydroxylation is 1. The van der Waals surface area contributed by atoms with Crippen molar-refractivity contribution in [3.63, 3.8) is 0 Å². The van der Waals surface area contributed by atoms with Gasteiger partial charge in [-0.2, -0.15) is 0 Å². The monoisotopic (exact) mass is 352 g/mol. The highest BCUT2D eigenvalue weighted by molar-refractivity contribution is 6.12. The number of amides is 1. The average Bonchev–Trinajstić information content (AvgIpc) is 2.59. The summed E-state index contributed by atoms with van der Waals surface area (Å²) in [6, 6.07) is 13.3. The van der Waals surface area contributed by atoms with E-state index in [0.717, 1.165) is 0 Å². The van der Waals surface area contributed by atoms with E-state index in [-0.39, 0.29) is 11.7 Å².